The molecule has 0 atom stereocenters. The number of allylic oxidation sites excluding steroid dienone is 1. The zero-order valence-electron chi connectivity index (χ0n) is 8.89. The van der Waals surface area contributed by atoms with Gasteiger partial charge in [0.15, 0.2) is 5.78 Å². The second-order valence-corrected chi connectivity index (χ2v) is 4.81. The second kappa shape index (κ2) is 5.17. The molecule has 2 N–H and O–H groups in total. The number of anilines is 1. The van der Waals surface area contributed by atoms with E-state index in [4.69, 9.17) is 17.3 Å². The molecule has 0 radical (unpaired) electrons. The number of thiophene rings is 1. The van der Waals surface area contributed by atoms with Crippen LogP contribution in [-0.2, 0) is 0 Å². The predicted octanol–water partition coefficient (Wildman–Crippen LogP) is 3.88. The largest absolute Gasteiger partial charge is 0.399 e. The molecule has 2 nitrogen and oxygen atoms in total. The maximum Gasteiger partial charge on any atom is 0.195 e. The first-order chi connectivity index (χ1) is 8.16. The molecule has 1 aromatic heterocycles. The average molecular weight is 264 g/mol. The number of rotatable bonds is 3. The molecule has 2 aromatic rings. The molecule has 0 fully saturated rings. The van der Waals surface area contributed by atoms with E-state index >= 15 is 0 Å². The summed E-state index contributed by atoms with van der Waals surface area (Å²) in [5.41, 5.74) is 6.98. The second-order valence-electron chi connectivity index (χ2n) is 3.46. The van der Waals surface area contributed by atoms with Crippen molar-refractivity contribution in [1.29, 1.82) is 0 Å². The molecule has 0 bridgehead atoms. The van der Waals surface area contributed by atoms with Crippen molar-refractivity contribution in [3.63, 3.8) is 0 Å². The molecular formula is C13H10ClNOS. The number of carbonyl (C=O) groups excluding carboxylic acids is 1. The van der Waals surface area contributed by atoms with Crippen molar-refractivity contribution < 1.29 is 4.79 Å². The van der Waals surface area contributed by atoms with Gasteiger partial charge < -0.3 is 5.73 Å². The highest BCUT2D eigenvalue weighted by Crippen LogP contribution is 2.21. The van der Waals surface area contributed by atoms with E-state index in [9.17, 15) is 4.79 Å². The van der Waals surface area contributed by atoms with E-state index in [1.807, 2.05) is 11.4 Å². The standard InChI is InChI=1S/C13H10ClNOS/c14-11-8-10(15)5-3-9(11)4-6-12(16)13-2-1-7-17-13/h1-8H,15H2/b6-4+. The van der Waals surface area contributed by atoms with Gasteiger partial charge in [-0.25, -0.2) is 0 Å². The van der Waals surface area contributed by atoms with Crippen LogP contribution in [0.3, 0.4) is 0 Å². The number of hydrogen-bond donors (Lipinski definition) is 1. The van der Waals surface area contributed by atoms with Crippen LogP contribution >= 0.6 is 22.9 Å². The number of nitrogen functional groups attached to an aromatic ring is 1. The molecule has 4 heteroatoms. The third-order valence-corrected chi connectivity index (χ3v) is 3.41. The summed E-state index contributed by atoms with van der Waals surface area (Å²) in [4.78, 5) is 12.4. The van der Waals surface area contributed by atoms with Gasteiger partial charge >= 0.3 is 0 Å². The maximum atomic E-state index is 11.7. The van der Waals surface area contributed by atoms with E-state index in [1.54, 1.807) is 30.3 Å². The first-order valence-corrected chi connectivity index (χ1v) is 6.23. The molecule has 0 aliphatic carbocycles. The van der Waals surface area contributed by atoms with Crippen molar-refractivity contribution in [2.45, 2.75) is 0 Å². The Bertz CT molecular complexity index is 561. The van der Waals surface area contributed by atoms with Crippen LogP contribution in [0, 0.1) is 0 Å². The Morgan fingerprint density at radius 3 is 2.82 bits per heavy atom. The molecule has 86 valence electrons. The zero-order chi connectivity index (χ0) is 12.3. The van der Waals surface area contributed by atoms with Crippen LogP contribution in [-0.4, -0.2) is 5.78 Å². The first kappa shape index (κ1) is 11.9. The summed E-state index contributed by atoms with van der Waals surface area (Å²) in [7, 11) is 0. The molecule has 0 aliphatic heterocycles. The molecule has 0 aliphatic rings. The van der Waals surface area contributed by atoms with Crippen LogP contribution in [0.1, 0.15) is 15.2 Å². The lowest BCUT2D eigenvalue weighted by molar-refractivity contribution is 0.105. The number of benzene rings is 1. The SMILES string of the molecule is Nc1ccc(/C=C/C(=O)c2cccs2)c(Cl)c1. The van der Waals surface area contributed by atoms with E-state index in [0.717, 1.165) is 5.56 Å². The quantitative estimate of drug-likeness (QED) is 0.519. The third-order valence-electron chi connectivity index (χ3n) is 2.20. The van der Waals surface area contributed by atoms with E-state index in [0.29, 0.717) is 15.6 Å². The van der Waals surface area contributed by atoms with Crippen LogP contribution in [0.2, 0.25) is 5.02 Å². The van der Waals surface area contributed by atoms with E-state index in [2.05, 4.69) is 0 Å². The van der Waals surface area contributed by atoms with E-state index in [-0.39, 0.29) is 5.78 Å². The number of ketones is 1. The Morgan fingerprint density at radius 2 is 2.18 bits per heavy atom. The lowest BCUT2D eigenvalue weighted by Gasteiger charge is -1.99. The van der Waals surface area contributed by atoms with Crippen molar-refractivity contribution in [1.82, 2.24) is 0 Å². The lowest BCUT2D eigenvalue weighted by Crippen LogP contribution is -1.89. The van der Waals surface area contributed by atoms with Crippen LogP contribution in [0.15, 0.2) is 41.8 Å². The van der Waals surface area contributed by atoms with Crippen LogP contribution in [0.25, 0.3) is 6.08 Å². The van der Waals surface area contributed by atoms with Crippen molar-refractivity contribution in [3.05, 3.63) is 57.3 Å². The summed E-state index contributed by atoms with van der Waals surface area (Å²) in [6.07, 6.45) is 3.22. The summed E-state index contributed by atoms with van der Waals surface area (Å²) in [6.45, 7) is 0. The molecular weight excluding hydrogens is 254 g/mol. The van der Waals surface area contributed by atoms with Crippen LogP contribution < -0.4 is 5.73 Å². The van der Waals surface area contributed by atoms with Gasteiger partial charge in [-0.2, -0.15) is 0 Å². The number of nitrogens with two attached hydrogens (primary N) is 1. The van der Waals surface area contributed by atoms with Gasteiger partial charge in [-0.15, -0.1) is 11.3 Å². The summed E-state index contributed by atoms with van der Waals surface area (Å²) in [6, 6.07) is 8.84. The third kappa shape index (κ3) is 2.96. The average Bonchev–Trinajstić information content (AvgIpc) is 2.81. The molecule has 0 saturated heterocycles. The Labute approximate surface area is 108 Å². The van der Waals surface area contributed by atoms with Gasteiger partial charge in [-0.3, -0.25) is 4.79 Å². The predicted molar refractivity (Wildman–Crippen MR) is 73.5 cm³/mol. The summed E-state index contributed by atoms with van der Waals surface area (Å²) < 4.78 is 0. The van der Waals surface area contributed by atoms with Crippen molar-refractivity contribution in [2.75, 3.05) is 5.73 Å². The van der Waals surface area contributed by atoms with Crippen molar-refractivity contribution in [2.24, 2.45) is 0 Å². The fourth-order valence-corrected chi connectivity index (χ4v) is 2.24. The normalized spacial score (nSPS) is 10.9. The van der Waals surface area contributed by atoms with Crippen molar-refractivity contribution in [3.8, 4) is 0 Å². The number of halogens is 1. The summed E-state index contributed by atoms with van der Waals surface area (Å²) >= 11 is 7.42. The van der Waals surface area contributed by atoms with Gasteiger partial charge in [-0.05, 0) is 41.3 Å². The van der Waals surface area contributed by atoms with Gasteiger partial charge in [-0.1, -0.05) is 23.7 Å². The van der Waals surface area contributed by atoms with Gasteiger partial charge in [0, 0.05) is 10.7 Å². The topological polar surface area (TPSA) is 43.1 Å². The molecule has 1 heterocycles. The van der Waals surface area contributed by atoms with Crippen LogP contribution in [0.4, 0.5) is 5.69 Å². The zero-order valence-corrected chi connectivity index (χ0v) is 10.5. The minimum atomic E-state index is -0.0205. The van der Waals surface area contributed by atoms with Gasteiger partial charge in [0.2, 0.25) is 0 Å². The van der Waals surface area contributed by atoms with E-state index < -0.39 is 0 Å². The maximum absolute atomic E-state index is 11.7. The number of hydrogen-bond acceptors (Lipinski definition) is 3. The molecule has 0 saturated carbocycles. The number of carbonyl (C=O) groups is 1. The molecule has 1 aromatic carbocycles. The Morgan fingerprint density at radius 1 is 1.35 bits per heavy atom. The lowest BCUT2D eigenvalue weighted by atomic mass is 10.1. The minimum Gasteiger partial charge on any atom is -0.399 e. The first-order valence-electron chi connectivity index (χ1n) is 4.98. The Kier molecular flexibility index (Phi) is 3.61. The fraction of sp³-hybridized carbons (Fsp3) is 0. The van der Waals surface area contributed by atoms with Crippen molar-refractivity contribution >= 4 is 40.5 Å². The Hall–Kier alpha value is -1.58. The highest BCUT2D eigenvalue weighted by molar-refractivity contribution is 7.12. The molecule has 17 heavy (non-hydrogen) atoms. The monoisotopic (exact) mass is 263 g/mol. The molecule has 0 spiro atoms. The van der Waals surface area contributed by atoms with Gasteiger partial charge in [0.25, 0.3) is 0 Å². The van der Waals surface area contributed by atoms with Gasteiger partial charge in [0.05, 0.1) is 4.88 Å². The fourth-order valence-electron chi connectivity index (χ4n) is 1.34. The van der Waals surface area contributed by atoms with E-state index in [1.165, 1.54) is 17.4 Å². The minimum absolute atomic E-state index is 0.0205. The molecule has 0 amide bonds. The van der Waals surface area contributed by atoms with Crippen LogP contribution in [0.5, 0.6) is 0 Å². The molecule has 2 rings (SSSR count). The highest BCUT2D eigenvalue weighted by atomic mass is 35.5. The Balaban J connectivity index is 2.18. The van der Waals surface area contributed by atoms with Gasteiger partial charge in [0.1, 0.15) is 0 Å². The summed E-state index contributed by atoms with van der Waals surface area (Å²) in [5, 5.41) is 2.41. The summed E-state index contributed by atoms with van der Waals surface area (Å²) in [5.74, 6) is -0.0205. The highest BCUT2D eigenvalue weighted by Gasteiger charge is 2.02. The molecule has 0 unspecified atom stereocenters. The smallest absolute Gasteiger partial charge is 0.195 e.